The van der Waals surface area contributed by atoms with Gasteiger partial charge in [0.1, 0.15) is 35.7 Å². The van der Waals surface area contributed by atoms with E-state index in [1.54, 1.807) is 6.92 Å². The lowest BCUT2D eigenvalue weighted by atomic mass is 10.0. The van der Waals surface area contributed by atoms with Crippen LogP contribution in [0.1, 0.15) is 43.5 Å². The second kappa shape index (κ2) is 9.51. The maximum absolute atomic E-state index is 11.3. The molecule has 0 aliphatic heterocycles. The molecule has 1 aliphatic rings. The summed E-state index contributed by atoms with van der Waals surface area (Å²) in [6, 6.07) is 18.0. The minimum Gasteiger partial charge on any atom is -0.489 e. The average molecular weight is 457 g/mol. The molecule has 1 amide bonds. The van der Waals surface area contributed by atoms with Crippen molar-refractivity contribution in [3.63, 3.8) is 0 Å². The molecule has 2 unspecified atom stereocenters. The molecule has 2 aromatic heterocycles. The van der Waals surface area contributed by atoms with Crippen molar-refractivity contribution < 1.29 is 9.53 Å². The Bertz CT molecular complexity index is 1300. The first-order valence-corrected chi connectivity index (χ1v) is 11.6. The van der Waals surface area contributed by atoms with E-state index in [2.05, 4.69) is 15.4 Å². The summed E-state index contributed by atoms with van der Waals surface area (Å²) in [5.74, 6) is 2.72. The highest BCUT2D eigenvalue weighted by molar-refractivity contribution is 5.85. The van der Waals surface area contributed by atoms with Crippen LogP contribution in [-0.4, -0.2) is 32.0 Å². The number of hydrogen-bond donors (Lipinski definition) is 2. The molecule has 8 heteroatoms. The molecule has 2 heterocycles. The molecule has 3 N–H and O–H groups in total. The van der Waals surface area contributed by atoms with Crippen molar-refractivity contribution in [3.8, 4) is 17.0 Å². The van der Waals surface area contributed by atoms with Gasteiger partial charge in [-0.3, -0.25) is 4.79 Å². The van der Waals surface area contributed by atoms with Crippen LogP contribution in [0.25, 0.3) is 16.8 Å². The van der Waals surface area contributed by atoms with Crippen molar-refractivity contribution >= 4 is 17.2 Å². The second-order valence-corrected chi connectivity index (χ2v) is 8.84. The molecule has 0 saturated heterocycles. The number of nitrogen functional groups attached to an aromatic ring is 1. The average Bonchev–Trinajstić information content (AvgIpc) is 3.48. The number of aromatic nitrogens is 4. The maximum Gasteiger partial charge on any atom is 0.216 e. The first-order chi connectivity index (χ1) is 16.6. The third kappa shape index (κ3) is 4.57. The number of benzene rings is 2. The van der Waals surface area contributed by atoms with Gasteiger partial charge in [0.2, 0.25) is 5.91 Å². The molecule has 8 nitrogen and oxygen atoms in total. The Balaban J connectivity index is 1.44. The van der Waals surface area contributed by atoms with Gasteiger partial charge in [0.15, 0.2) is 5.82 Å². The number of imidazole rings is 1. The van der Waals surface area contributed by atoms with Crippen molar-refractivity contribution in [3.05, 3.63) is 72.3 Å². The summed E-state index contributed by atoms with van der Waals surface area (Å²) < 4.78 is 7.87. The highest BCUT2D eigenvalue weighted by atomic mass is 16.5. The van der Waals surface area contributed by atoms with Crippen molar-refractivity contribution in [1.82, 2.24) is 24.9 Å². The van der Waals surface area contributed by atoms with Crippen molar-refractivity contribution in [2.45, 2.75) is 38.7 Å². The molecule has 174 valence electrons. The van der Waals surface area contributed by atoms with E-state index in [1.165, 1.54) is 6.33 Å². The van der Waals surface area contributed by atoms with Gasteiger partial charge in [0, 0.05) is 24.9 Å². The zero-order valence-electron chi connectivity index (χ0n) is 19.1. The SMILES string of the molecule is CC(=O)NCC1CCC(c2nc(-c3cccc(OCc4ccccc4)c3)c3c(N)ncnn23)C1. The van der Waals surface area contributed by atoms with E-state index in [9.17, 15) is 4.79 Å². The van der Waals surface area contributed by atoms with E-state index in [0.717, 1.165) is 47.7 Å². The molecule has 2 aromatic carbocycles. The summed E-state index contributed by atoms with van der Waals surface area (Å²) in [5, 5.41) is 7.43. The van der Waals surface area contributed by atoms with Crippen LogP contribution in [-0.2, 0) is 11.4 Å². The number of carbonyl (C=O) groups excluding carboxylic acids is 1. The zero-order chi connectivity index (χ0) is 23.5. The molecule has 0 radical (unpaired) electrons. The smallest absolute Gasteiger partial charge is 0.216 e. The lowest BCUT2D eigenvalue weighted by Crippen LogP contribution is -2.25. The number of anilines is 1. The van der Waals surface area contributed by atoms with Gasteiger partial charge in [-0.2, -0.15) is 5.10 Å². The largest absolute Gasteiger partial charge is 0.489 e. The lowest BCUT2D eigenvalue weighted by molar-refractivity contribution is -0.119. The topological polar surface area (TPSA) is 107 Å². The number of ether oxygens (including phenoxy) is 1. The van der Waals surface area contributed by atoms with Gasteiger partial charge < -0.3 is 15.8 Å². The first kappa shape index (κ1) is 21.9. The molecule has 5 rings (SSSR count). The van der Waals surface area contributed by atoms with Crippen LogP contribution in [0.15, 0.2) is 60.9 Å². The molecular formula is C26H28N6O2. The number of nitrogens with zero attached hydrogens (tertiary/aromatic N) is 4. The fourth-order valence-corrected chi connectivity index (χ4v) is 4.70. The maximum atomic E-state index is 11.3. The zero-order valence-corrected chi connectivity index (χ0v) is 19.1. The molecule has 1 aliphatic carbocycles. The fraction of sp³-hybridized carbons (Fsp3) is 0.308. The van der Waals surface area contributed by atoms with Crippen molar-refractivity contribution in [2.75, 3.05) is 12.3 Å². The number of amides is 1. The third-order valence-corrected chi connectivity index (χ3v) is 6.39. The first-order valence-electron chi connectivity index (χ1n) is 11.6. The molecule has 34 heavy (non-hydrogen) atoms. The number of rotatable bonds is 7. The Hall–Kier alpha value is -3.94. The van der Waals surface area contributed by atoms with Crippen LogP contribution in [0, 0.1) is 5.92 Å². The van der Waals surface area contributed by atoms with Gasteiger partial charge in [0.25, 0.3) is 0 Å². The number of carbonyl (C=O) groups is 1. The molecule has 0 bridgehead atoms. The highest BCUT2D eigenvalue weighted by Gasteiger charge is 2.31. The van der Waals surface area contributed by atoms with E-state index in [-0.39, 0.29) is 11.8 Å². The van der Waals surface area contributed by atoms with Gasteiger partial charge in [-0.15, -0.1) is 0 Å². The minimum absolute atomic E-state index is 0.00637. The van der Waals surface area contributed by atoms with Crippen molar-refractivity contribution in [2.24, 2.45) is 5.92 Å². The third-order valence-electron chi connectivity index (χ3n) is 6.39. The number of fused-ring (bicyclic) bond motifs is 1. The highest BCUT2D eigenvalue weighted by Crippen LogP contribution is 2.40. The van der Waals surface area contributed by atoms with E-state index in [0.29, 0.717) is 30.4 Å². The quantitative estimate of drug-likeness (QED) is 0.436. The fourth-order valence-electron chi connectivity index (χ4n) is 4.70. The lowest BCUT2D eigenvalue weighted by Gasteiger charge is -2.11. The molecule has 1 fully saturated rings. The van der Waals surface area contributed by atoms with Crippen LogP contribution in [0.4, 0.5) is 5.82 Å². The van der Waals surface area contributed by atoms with Crippen molar-refractivity contribution in [1.29, 1.82) is 0 Å². The van der Waals surface area contributed by atoms with Gasteiger partial charge in [-0.05, 0) is 42.9 Å². The van der Waals surface area contributed by atoms with Gasteiger partial charge in [0.05, 0.1) is 0 Å². The molecule has 4 aromatic rings. The van der Waals surface area contributed by atoms with E-state index < -0.39 is 0 Å². The summed E-state index contributed by atoms with van der Waals surface area (Å²) in [5.41, 5.74) is 9.77. The van der Waals surface area contributed by atoms with E-state index in [1.807, 2.05) is 59.1 Å². The Kier molecular flexibility index (Phi) is 6.12. The Morgan fingerprint density at radius 2 is 2.03 bits per heavy atom. The van der Waals surface area contributed by atoms with E-state index >= 15 is 0 Å². The van der Waals surface area contributed by atoms with E-state index in [4.69, 9.17) is 15.5 Å². The minimum atomic E-state index is 0.00637. The predicted octanol–water partition coefficient (Wildman–Crippen LogP) is 3.97. The van der Waals surface area contributed by atoms with Gasteiger partial charge in [-0.25, -0.2) is 14.5 Å². The molecule has 2 atom stereocenters. The summed E-state index contributed by atoms with van der Waals surface area (Å²) in [4.78, 5) is 20.6. The number of hydrogen-bond acceptors (Lipinski definition) is 6. The Labute approximate surface area is 198 Å². The molecular weight excluding hydrogens is 428 g/mol. The van der Waals surface area contributed by atoms with Crippen LogP contribution in [0.2, 0.25) is 0 Å². The number of nitrogens with two attached hydrogens (primary N) is 1. The monoisotopic (exact) mass is 456 g/mol. The van der Waals surface area contributed by atoms with Crippen LogP contribution in [0.5, 0.6) is 5.75 Å². The molecule has 0 spiro atoms. The van der Waals surface area contributed by atoms with Crippen LogP contribution < -0.4 is 15.8 Å². The number of nitrogens with one attached hydrogen (secondary N) is 1. The summed E-state index contributed by atoms with van der Waals surface area (Å²) in [6.45, 7) is 2.74. The van der Waals surface area contributed by atoms with Gasteiger partial charge in [-0.1, -0.05) is 42.5 Å². The Morgan fingerprint density at radius 1 is 1.18 bits per heavy atom. The summed E-state index contributed by atoms with van der Waals surface area (Å²) in [7, 11) is 0. The second-order valence-electron chi connectivity index (χ2n) is 8.84. The normalized spacial score (nSPS) is 17.7. The van der Waals surface area contributed by atoms with Gasteiger partial charge >= 0.3 is 0 Å². The van der Waals surface area contributed by atoms with Crippen LogP contribution in [0.3, 0.4) is 0 Å². The molecule has 1 saturated carbocycles. The summed E-state index contributed by atoms with van der Waals surface area (Å²) in [6.07, 6.45) is 4.45. The Morgan fingerprint density at radius 3 is 2.85 bits per heavy atom. The summed E-state index contributed by atoms with van der Waals surface area (Å²) >= 11 is 0. The predicted molar refractivity (Wildman–Crippen MR) is 130 cm³/mol. The van der Waals surface area contributed by atoms with Crippen LogP contribution >= 0.6 is 0 Å². The standard InChI is InChI=1S/C26H28N6O2/c1-17(33)28-14-19-10-11-21(12-19)26-31-23(24-25(27)29-16-30-32(24)26)20-8-5-9-22(13-20)34-15-18-6-3-2-4-7-18/h2-9,13,16,19,21H,10-12,14-15H2,1H3,(H,28,33)(H2,27,29,30).